The summed E-state index contributed by atoms with van der Waals surface area (Å²) in [6.07, 6.45) is 1.59. The molecule has 156 valence electrons. The van der Waals surface area contributed by atoms with Gasteiger partial charge in [-0.05, 0) is 54.2 Å². The molecule has 1 aliphatic carbocycles. The molecule has 2 aromatic carbocycles. The molecule has 0 bridgehead atoms. The van der Waals surface area contributed by atoms with Gasteiger partial charge in [0, 0.05) is 18.1 Å². The van der Waals surface area contributed by atoms with E-state index in [2.05, 4.69) is 21.2 Å². The van der Waals surface area contributed by atoms with Crippen LogP contribution in [0.5, 0.6) is 5.75 Å². The number of rotatable bonds is 8. The molecular formula is C20H21BrFNO5S. The Morgan fingerprint density at radius 2 is 2.03 bits per heavy atom. The van der Waals surface area contributed by atoms with Crippen LogP contribution in [0.1, 0.15) is 40.2 Å². The van der Waals surface area contributed by atoms with E-state index in [-0.39, 0.29) is 35.3 Å². The Bertz CT molecular complexity index is 1040. The van der Waals surface area contributed by atoms with Crippen molar-refractivity contribution in [3.05, 3.63) is 57.3 Å². The average Bonchev–Trinajstić information content (AvgIpc) is 3.50. The van der Waals surface area contributed by atoms with Crippen molar-refractivity contribution < 1.29 is 27.4 Å². The molecule has 1 fully saturated rings. The number of halogens is 2. The monoisotopic (exact) mass is 485 g/mol. The Labute approximate surface area is 177 Å². The lowest BCUT2D eigenvalue weighted by atomic mass is 10.0. The summed E-state index contributed by atoms with van der Waals surface area (Å²) < 4.78 is 46.0. The van der Waals surface area contributed by atoms with Gasteiger partial charge in [0.1, 0.15) is 16.5 Å². The number of aromatic hydroxyl groups is 1. The third-order valence-corrected chi connectivity index (χ3v) is 6.83. The third-order valence-electron chi connectivity index (χ3n) is 4.63. The van der Waals surface area contributed by atoms with Crippen molar-refractivity contribution in [3.8, 4) is 5.75 Å². The van der Waals surface area contributed by atoms with Crippen LogP contribution in [0.2, 0.25) is 0 Å². The van der Waals surface area contributed by atoms with E-state index in [9.17, 15) is 22.7 Å². The molecule has 0 unspecified atom stereocenters. The molecule has 9 heteroatoms. The van der Waals surface area contributed by atoms with Gasteiger partial charge >= 0.3 is 0 Å². The molecule has 3 rings (SSSR count). The summed E-state index contributed by atoms with van der Waals surface area (Å²) in [5.74, 6) is -2.08. The molecule has 1 saturated carbocycles. The van der Waals surface area contributed by atoms with Crippen molar-refractivity contribution in [1.82, 2.24) is 5.32 Å². The number of methoxy groups -OCH3 is 1. The van der Waals surface area contributed by atoms with Gasteiger partial charge in [-0.2, -0.15) is 0 Å². The normalized spacial score (nSPS) is 14.0. The first kappa shape index (κ1) is 21.7. The van der Waals surface area contributed by atoms with Gasteiger partial charge in [0.2, 0.25) is 0 Å². The number of phenols is 1. The maximum Gasteiger partial charge on any atom is 0.254 e. The number of ether oxygens (including phenoxy) is 1. The number of benzene rings is 2. The highest BCUT2D eigenvalue weighted by Crippen LogP contribution is 2.42. The summed E-state index contributed by atoms with van der Waals surface area (Å²) in [4.78, 5) is 12.2. The number of hydrogen-bond donors (Lipinski definition) is 2. The topological polar surface area (TPSA) is 92.7 Å². The maximum atomic E-state index is 14.9. The molecule has 1 aliphatic rings. The number of amides is 1. The van der Waals surface area contributed by atoms with Crippen LogP contribution in [0.25, 0.3) is 0 Å². The van der Waals surface area contributed by atoms with E-state index >= 15 is 0 Å². The molecule has 6 nitrogen and oxygen atoms in total. The summed E-state index contributed by atoms with van der Waals surface area (Å²) in [5.41, 5.74) is 0.465. The Kier molecular flexibility index (Phi) is 6.60. The minimum atomic E-state index is -3.92. The van der Waals surface area contributed by atoms with E-state index in [1.807, 2.05) is 0 Å². The fourth-order valence-electron chi connectivity index (χ4n) is 3.05. The fraction of sp³-hybridized carbons (Fsp3) is 0.350. The fourth-order valence-corrected chi connectivity index (χ4v) is 5.01. The van der Waals surface area contributed by atoms with Crippen LogP contribution in [0, 0.1) is 5.82 Å². The SMILES string of the molecule is COCCNC(=O)c1cc(CS(=O)(=O)c2cc(Br)ccc2O)cc(C2CC2)c1F. The molecule has 2 aromatic rings. The van der Waals surface area contributed by atoms with Crippen LogP contribution >= 0.6 is 15.9 Å². The second-order valence-corrected chi connectivity index (χ2v) is 9.81. The Balaban J connectivity index is 1.96. The van der Waals surface area contributed by atoms with Gasteiger partial charge in [0.15, 0.2) is 9.84 Å². The molecule has 1 amide bonds. The zero-order valence-electron chi connectivity index (χ0n) is 15.7. The first-order valence-electron chi connectivity index (χ1n) is 9.03. The number of carbonyl (C=O) groups is 1. The van der Waals surface area contributed by atoms with Gasteiger partial charge in [-0.3, -0.25) is 4.79 Å². The van der Waals surface area contributed by atoms with Crippen molar-refractivity contribution in [2.75, 3.05) is 20.3 Å². The van der Waals surface area contributed by atoms with Crippen LogP contribution < -0.4 is 5.32 Å². The molecule has 0 aliphatic heterocycles. The van der Waals surface area contributed by atoms with Gasteiger partial charge in [-0.1, -0.05) is 22.0 Å². The minimum Gasteiger partial charge on any atom is -0.507 e. The summed E-state index contributed by atoms with van der Waals surface area (Å²) in [6.45, 7) is 0.487. The van der Waals surface area contributed by atoms with Crippen LogP contribution in [0.3, 0.4) is 0 Å². The van der Waals surface area contributed by atoms with Gasteiger partial charge in [0.05, 0.1) is 17.9 Å². The first-order valence-corrected chi connectivity index (χ1v) is 11.5. The Morgan fingerprint density at radius 3 is 2.69 bits per heavy atom. The van der Waals surface area contributed by atoms with Crippen LogP contribution in [0.4, 0.5) is 4.39 Å². The molecule has 0 saturated heterocycles. The van der Waals surface area contributed by atoms with E-state index < -0.39 is 27.3 Å². The quantitative estimate of drug-likeness (QED) is 0.558. The van der Waals surface area contributed by atoms with Crippen molar-refractivity contribution in [3.63, 3.8) is 0 Å². The Morgan fingerprint density at radius 1 is 1.31 bits per heavy atom. The summed E-state index contributed by atoms with van der Waals surface area (Å²) in [6, 6.07) is 6.89. The van der Waals surface area contributed by atoms with Crippen LogP contribution in [-0.2, 0) is 20.3 Å². The van der Waals surface area contributed by atoms with Crippen molar-refractivity contribution in [2.24, 2.45) is 0 Å². The van der Waals surface area contributed by atoms with E-state index in [1.165, 1.54) is 37.4 Å². The van der Waals surface area contributed by atoms with Crippen molar-refractivity contribution in [2.45, 2.75) is 29.4 Å². The second kappa shape index (κ2) is 8.81. The average molecular weight is 486 g/mol. The molecule has 0 radical (unpaired) electrons. The lowest BCUT2D eigenvalue weighted by Gasteiger charge is -2.13. The maximum absolute atomic E-state index is 14.9. The summed E-state index contributed by atoms with van der Waals surface area (Å²) in [7, 11) is -2.43. The number of hydrogen-bond acceptors (Lipinski definition) is 5. The van der Waals surface area contributed by atoms with Crippen molar-refractivity contribution in [1.29, 1.82) is 0 Å². The molecule has 0 heterocycles. The molecule has 0 spiro atoms. The zero-order chi connectivity index (χ0) is 21.2. The summed E-state index contributed by atoms with van der Waals surface area (Å²) >= 11 is 3.20. The lowest BCUT2D eigenvalue weighted by Crippen LogP contribution is -2.28. The highest BCUT2D eigenvalue weighted by molar-refractivity contribution is 9.10. The van der Waals surface area contributed by atoms with Gasteiger partial charge in [0.25, 0.3) is 5.91 Å². The van der Waals surface area contributed by atoms with E-state index in [0.29, 0.717) is 15.6 Å². The third kappa shape index (κ3) is 5.15. The van der Waals surface area contributed by atoms with Gasteiger partial charge < -0.3 is 15.2 Å². The van der Waals surface area contributed by atoms with E-state index in [4.69, 9.17) is 4.74 Å². The number of carbonyl (C=O) groups excluding carboxylic acids is 1. The van der Waals surface area contributed by atoms with Crippen LogP contribution in [0.15, 0.2) is 39.7 Å². The predicted octanol–water partition coefficient (Wildman–Crippen LogP) is 3.52. The zero-order valence-corrected chi connectivity index (χ0v) is 18.1. The predicted molar refractivity (Wildman–Crippen MR) is 109 cm³/mol. The minimum absolute atomic E-state index is 0.0116. The number of nitrogens with one attached hydrogen (secondary N) is 1. The molecular weight excluding hydrogens is 465 g/mol. The summed E-state index contributed by atoms with van der Waals surface area (Å²) in [5, 5.41) is 12.5. The smallest absolute Gasteiger partial charge is 0.254 e. The second-order valence-electron chi connectivity index (χ2n) is 6.94. The highest BCUT2D eigenvalue weighted by atomic mass is 79.9. The number of phenolic OH excluding ortho intramolecular Hbond substituents is 1. The molecule has 2 N–H and O–H groups in total. The van der Waals surface area contributed by atoms with E-state index in [0.717, 1.165) is 12.8 Å². The van der Waals surface area contributed by atoms with E-state index in [1.54, 1.807) is 0 Å². The number of sulfone groups is 1. The molecule has 0 atom stereocenters. The first-order chi connectivity index (χ1) is 13.7. The van der Waals surface area contributed by atoms with Gasteiger partial charge in [-0.15, -0.1) is 0 Å². The Hall–Kier alpha value is -1.97. The highest BCUT2D eigenvalue weighted by Gasteiger charge is 2.30. The molecule has 29 heavy (non-hydrogen) atoms. The standard InChI is InChI=1S/C20H21BrFNO5S/c1-28-7-6-23-20(25)16-9-12(8-15(19(16)22)13-2-3-13)11-29(26,27)18-10-14(21)4-5-17(18)24/h4-5,8-10,13,24H,2-3,6-7,11H2,1H3,(H,23,25). The lowest BCUT2D eigenvalue weighted by molar-refractivity contribution is 0.0932. The van der Waals surface area contributed by atoms with Gasteiger partial charge in [-0.25, -0.2) is 12.8 Å². The molecule has 0 aromatic heterocycles. The van der Waals surface area contributed by atoms with Crippen LogP contribution in [-0.4, -0.2) is 39.7 Å². The van der Waals surface area contributed by atoms with Crippen molar-refractivity contribution >= 4 is 31.7 Å². The largest absolute Gasteiger partial charge is 0.507 e.